The van der Waals surface area contributed by atoms with Crippen molar-refractivity contribution in [2.24, 2.45) is 5.92 Å². The number of benzene rings is 1. The molecule has 0 radical (unpaired) electrons. The first kappa shape index (κ1) is 24.3. The van der Waals surface area contributed by atoms with Gasteiger partial charge in [0.2, 0.25) is 5.91 Å². The monoisotopic (exact) mass is 480 g/mol. The van der Waals surface area contributed by atoms with Crippen molar-refractivity contribution < 1.29 is 14.4 Å². The maximum atomic E-state index is 13.6. The van der Waals surface area contributed by atoms with E-state index in [4.69, 9.17) is 0 Å². The number of amides is 4. The van der Waals surface area contributed by atoms with Gasteiger partial charge in [-0.15, -0.1) is 11.8 Å². The molecule has 0 unspecified atom stereocenters. The molecule has 34 heavy (non-hydrogen) atoms. The SMILES string of the molecule is CCC[C@@]1(C2CCN(C(=O)CSc3ccccc3)CC2)NC(=O)N(CCc2ccccn2)C1=O. The average Bonchev–Trinajstić information content (AvgIpc) is 3.12. The van der Waals surface area contributed by atoms with Gasteiger partial charge in [0.1, 0.15) is 5.54 Å². The Balaban J connectivity index is 1.36. The number of hydrogen-bond donors (Lipinski definition) is 1. The molecular formula is C26H32N4O3S. The van der Waals surface area contributed by atoms with Gasteiger partial charge in [-0.1, -0.05) is 37.6 Å². The van der Waals surface area contributed by atoms with Gasteiger partial charge in [-0.3, -0.25) is 19.5 Å². The number of nitrogens with one attached hydrogen (secondary N) is 1. The third-order valence-electron chi connectivity index (χ3n) is 6.81. The number of pyridine rings is 1. The summed E-state index contributed by atoms with van der Waals surface area (Å²) in [6.07, 6.45) is 5.08. The highest BCUT2D eigenvalue weighted by atomic mass is 32.2. The number of nitrogens with zero attached hydrogens (tertiary/aromatic N) is 3. The Morgan fingerprint density at radius 2 is 1.85 bits per heavy atom. The molecule has 0 saturated carbocycles. The summed E-state index contributed by atoms with van der Waals surface area (Å²) in [5.41, 5.74) is -0.0135. The first-order chi connectivity index (χ1) is 16.5. The molecule has 3 heterocycles. The number of imide groups is 1. The summed E-state index contributed by atoms with van der Waals surface area (Å²) in [5, 5.41) is 3.07. The van der Waals surface area contributed by atoms with Gasteiger partial charge in [-0.05, 0) is 49.4 Å². The zero-order valence-electron chi connectivity index (χ0n) is 19.6. The minimum atomic E-state index is -0.871. The molecule has 1 atom stereocenters. The van der Waals surface area contributed by atoms with E-state index in [2.05, 4.69) is 10.3 Å². The largest absolute Gasteiger partial charge is 0.342 e. The number of rotatable bonds is 9. The highest BCUT2D eigenvalue weighted by molar-refractivity contribution is 8.00. The quantitative estimate of drug-likeness (QED) is 0.437. The topological polar surface area (TPSA) is 82.6 Å². The summed E-state index contributed by atoms with van der Waals surface area (Å²) in [6, 6.07) is 15.3. The number of urea groups is 1. The molecular weight excluding hydrogens is 448 g/mol. The molecule has 0 spiro atoms. The highest BCUT2D eigenvalue weighted by Crippen LogP contribution is 2.37. The maximum Gasteiger partial charge on any atom is 0.325 e. The molecule has 4 amide bonds. The van der Waals surface area contributed by atoms with Crippen molar-refractivity contribution >= 4 is 29.6 Å². The zero-order chi connectivity index (χ0) is 24.0. The van der Waals surface area contributed by atoms with Crippen molar-refractivity contribution in [3.8, 4) is 0 Å². The lowest BCUT2D eigenvalue weighted by atomic mass is 9.74. The van der Waals surface area contributed by atoms with Gasteiger partial charge in [0.05, 0.1) is 5.75 Å². The van der Waals surface area contributed by atoms with E-state index in [-0.39, 0.29) is 23.8 Å². The molecule has 0 bridgehead atoms. The second-order valence-electron chi connectivity index (χ2n) is 8.94. The zero-order valence-corrected chi connectivity index (χ0v) is 20.4. The van der Waals surface area contributed by atoms with Crippen molar-refractivity contribution in [2.75, 3.05) is 25.4 Å². The number of hydrogen-bond acceptors (Lipinski definition) is 5. The number of piperidine rings is 1. The Hall–Kier alpha value is -2.87. The van der Waals surface area contributed by atoms with Gasteiger partial charge < -0.3 is 10.2 Å². The summed E-state index contributed by atoms with van der Waals surface area (Å²) in [6.45, 7) is 3.58. The molecule has 7 nitrogen and oxygen atoms in total. The fourth-order valence-electron chi connectivity index (χ4n) is 5.04. The smallest absolute Gasteiger partial charge is 0.325 e. The van der Waals surface area contributed by atoms with Gasteiger partial charge >= 0.3 is 6.03 Å². The molecule has 0 aliphatic carbocycles. The van der Waals surface area contributed by atoms with Crippen molar-refractivity contribution in [1.82, 2.24) is 20.1 Å². The predicted octanol–water partition coefficient (Wildman–Crippen LogP) is 3.75. The van der Waals surface area contributed by atoms with Crippen LogP contribution in [0, 0.1) is 5.92 Å². The number of thioether (sulfide) groups is 1. The number of carbonyl (C=O) groups excluding carboxylic acids is 3. The van der Waals surface area contributed by atoms with Crippen LogP contribution < -0.4 is 5.32 Å². The Kier molecular flexibility index (Phi) is 7.88. The fourth-order valence-corrected chi connectivity index (χ4v) is 5.86. The van der Waals surface area contributed by atoms with Crippen LogP contribution in [0.2, 0.25) is 0 Å². The molecule has 2 aliphatic rings. The normalized spacial score (nSPS) is 21.1. The van der Waals surface area contributed by atoms with Gasteiger partial charge in [-0.25, -0.2) is 4.79 Å². The van der Waals surface area contributed by atoms with Crippen molar-refractivity contribution in [2.45, 2.75) is 49.5 Å². The Bertz CT molecular complexity index is 996. The third-order valence-corrected chi connectivity index (χ3v) is 7.81. The van der Waals surface area contributed by atoms with E-state index >= 15 is 0 Å². The van der Waals surface area contributed by atoms with Gasteiger partial charge in [0.25, 0.3) is 5.91 Å². The van der Waals surface area contributed by atoms with Gasteiger partial charge in [0, 0.05) is 42.8 Å². The second-order valence-corrected chi connectivity index (χ2v) is 9.98. The Labute approximate surface area is 205 Å². The van der Waals surface area contributed by atoms with E-state index in [0.717, 1.165) is 17.0 Å². The lowest BCUT2D eigenvalue weighted by Gasteiger charge is -2.41. The molecule has 180 valence electrons. The molecule has 1 N–H and O–H groups in total. The van der Waals surface area contributed by atoms with Crippen LogP contribution in [-0.2, 0) is 16.0 Å². The molecule has 4 rings (SSSR count). The number of likely N-dealkylation sites (tertiary alicyclic amines) is 1. The average molecular weight is 481 g/mol. The van der Waals surface area contributed by atoms with E-state index in [1.807, 2.05) is 60.4 Å². The van der Waals surface area contributed by atoms with Crippen molar-refractivity contribution in [3.05, 3.63) is 60.4 Å². The van der Waals surface area contributed by atoms with Crippen LogP contribution in [0.5, 0.6) is 0 Å². The molecule has 8 heteroatoms. The fraction of sp³-hybridized carbons (Fsp3) is 0.462. The number of aromatic nitrogens is 1. The minimum Gasteiger partial charge on any atom is -0.342 e. The van der Waals surface area contributed by atoms with Crippen molar-refractivity contribution in [1.29, 1.82) is 0 Å². The van der Waals surface area contributed by atoms with E-state index in [1.165, 1.54) is 4.90 Å². The van der Waals surface area contributed by atoms with Crippen LogP contribution in [-0.4, -0.2) is 63.6 Å². The van der Waals surface area contributed by atoms with Crippen LogP contribution in [0.25, 0.3) is 0 Å². The maximum absolute atomic E-state index is 13.6. The lowest BCUT2D eigenvalue weighted by molar-refractivity contribution is -0.135. The highest BCUT2D eigenvalue weighted by Gasteiger charge is 2.55. The summed E-state index contributed by atoms with van der Waals surface area (Å²) in [7, 11) is 0. The summed E-state index contributed by atoms with van der Waals surface area (Å²) in [4.78, 5) is 47.8. The Morgan fingerprint density at radius 3 is 2.53 bits per heavy atom. The van der Waals surface area contributed by atoms with Crippen LogP contribution in [0.3, 0.4) is 0 Å². The van der Waals surface area contributed by atoms with Crippen LogP contribution in [0.1, 0.15) is 38.3 Å². The van der Waals surface area contributed by atoms with Crippen LogP contribution in [0.15, 0.2) is 59.6 Å². The minimum absolute atomic E-state index is 0.0228. The molecule has 2 saturated heterocycles. The summed E-state index contributed by atoms with van der Waals surface area (Å²) in [5.74, 6) is 0.427. The molecule has 1 aromatic heterocycles. The Morgan fingerprint density at radius 1 is 1.12 bits per heavy atom. The summed E-state index contributed by atoms with van der Waals surface area (Å²) >= 11 is 1.55. The predicted molar refractivity (Wildman–Crippen MR) is 132 cm³/mol. The van der Waals surface area contributed by atoms with Gasteiger partial charge in [-0.2, -0.15) is 0 Å². The van der Waals surface area contributed by atoms with Gasteiger partial charge in [0.15, 0.2) is 0 Å². The molecule has 2 fully saturated rings. The van der Waals surface area contributed by atoms with E-state index in [0.29, 0.717) is 51.1 Å². The third kappa shape index (κ3) is 5.27. The lowest BCUT2D eigenvalue weighted by Crippen LogP contribution is -2.56. The van der Waals surface area contributed by atoms with Crippen molar-refractivity contribution in [3.63, 3.8) is 0 Å². The molecule has 2 aromatic rings. The number of carbonyl (C=O) groups is 3. The van der Waals surface area contributed by atoms with E-state index < -0.39 is 5.54 Å². The molecule has 1 aromatic carbocycles. The van der Waals surface area contributed by atoms with Crippen LogP contribution >= 0.6 is 11.8 Å². The summed E-state index contributed by atoms with van der Waals surface area (Å²) < 4.78 is 0. The molecule has 2 aliphatic heterocycles. The van der Waals surface area contributed by atoms with E-state index in [9.17, 15) is 14.4 Å². The van der Waals surface area contributed by atoms with Crippen LogP contribution in [0.4, 0.5) is 4.79 Å². The first-order valence-electron chi connectivity index (χ1n) is 12.0. The standard InChI is InChI=1S/C26H32N4O3S/c1-2-14-26(24(32)30(25(33)28-26)18-13-21-8-6-7-15-27-21)20-11-16-29(17-12-20)23(31)19-34-22-9-4-3-5-10-22/h3-10,15,20H,2,11-14,16-19H2,1H3,(H,28,33)/t26-/m0/s1. The van der Waals surface area contributed by atoms with E-state index in [1.54, 1.807) is 18.0 Å². The second kappa shape index (κ2) is 11.0. The first-order valence-corrected chi connectivity index (χ1v) is 13.0.